The van der Waals surface area contributed by atoms with Crippen molar-refractivity contribution in [1.82, 2.24) is 0 Å². The Kier molecular flexibility index (Phi) is 3.72. The SMILES string of the molecule is CCc1cccc(C(=O)OC(C)C)c1N. The third-order valence-corrected chi connectivity index (χ3v) is 2.14. The third kappa shape index (κ3) is 2.72. The minimum Gasteiger partial charge on any atom is -0.459 e. The van der Waals surface area contributed by atoms with Gasteiger partial charge in [0, 0.05) is 5.69 Å². The summed E-state index contributed by atoms with van der Waals surface area (Å²) in [6.45, 7) is 5.64. The number of carbonyl (C=O) groups excluding carboxylic acids is 1. The molecule has 3 nitrogen and oxygen atoms in total. The van der Waals surface area contributed by atoms with E-state index < -0.39 is 0 Å². The van der Waals surface area contributed by atoms with Gasteiger partial charge in [-0.05, 0) is 31.9 Å². The molecule has 1 aromatic rings. The number of benzene rings is 1. The second kappa shape index (κ2) is 4.82. The molecule has 1 rings (SSSR count). The van der Waals surface area contributed by atoms with Gasteiger partial charge in [-0.15, -0.1) is 0 Å². The molecule has 3 heteroatoms. The summed E-state index contributed by atoms with van der Waals surface area (Å²) in [5.74, 6) is -0.349. The summed E-state index contributed by atoms with van der Waals surface area (Å²) in [5.41, 5.74) is 7.84. The highest BCUT2D eigenvalue weighted by atomic mass is 16.5. The van der Waals surface area contributed by atoms with Gasteiger partial charge in [-0.3, -0.25) is 0 Å². The van der Waals surface area contributed by atoms with E-state index in [1.54, 1.807) is 6.07 Å². The molecule has 0 saturated carbocycles. The molecule has 0 radical (unpaired) electrons. The van der Waals surface area contributed by atoms with Crippen molar-refractivity contribution in [3.63, 3.8) is 0 Å². The van der Waals surface area contributed by atoms with E-state index >= 15 is 0 Å². The summed E-state index contributed by atoms with van der Waals surface area (Å²) in [5, 5.41) is 0. The van der Waals surface area contributed by atoms with Crippen molar-refractivity contribution in [3.05, 3.63) is 29.3 Å². The van der Waals surface area contributed by atoms with E-state index in [4.69, 9.17) is 10.5 Å². The van der Waals surface area contributed by atoms with Crippen LogP contribution in [0.15, 0.2) is 18.2 Å². The topological polar surface area (TPSA) is 52.3 Å². The average molecular weight is 207 g/mol. The summed E-state index contributed by atoms with van der Waals surface area (Å²) in [7, 11) is 0. The number of ether oxygens (including phenoxy) is 1. The number of anilines is 1. The van der Waals surface area contributed by atoms with Gasteiger partial charge in [-0.1, -0.05) is 19.1 Å². The van der Waals surface area contributed by atoms with Crippen molar-refractivity contribution in [3.8, 4) is 0 Å². The van der Waals surface area contributed by atoms with E-state index in [1.807, 2.05) is 32.9 Å². The molecule has 82 valence electrons. The van der Waals surface area contributed by atoms with Crippen LogP contribution in [-0.4, -0.2) is 12.1 Å². The Morgan fingerprint density at radius 2 is 2.13 bits per heavy atom. The predicted molar refractivity (Wildman–Crippen MR) is 60.8 cm³/mol. The number of para-hydroxylation sites is 1. The Balaban J connectivity index is 2.99. The van der Waals surface area contributed by atoms with Crippen molar-refractivity contribution >= 4 is 11.7 Å². The number of esters is 1. The fourth-order valence-corrected chi connectivity index (χ4v) is 1.38. The van der Waals surface area contributed by atoms with E-state index in [2.05, 4.69) is 0 Å². The number of nitrogens with two attached hydrogens (primary N) is 1. The quantitative estimate of drug-likeness (QED) is 0.611. The van der Waals surface area contributed by atoms with Crippen LogP contribution in [0.5, 0.6) is 0 Å². The first kappa shape index (κ1) is 11.6. The molecule has 0 fully saturated rings. The Morgan fingerprint density at radius 3 is 2.67 bits per heavy atom. The lowest BCUT2D eigenvalue weighted by molar-refractivity contribution is 0.0379. The van der Waals surface area contributed by atoms with E-state index in [9.17, 15) is 4.79 Å². The number of carbonyl (C=O) groups is 1. The predicted octanol–water partition coefficient (Wildman–Crippen LogP) is 2.40. The highest BCUT2D eigenvalue weighted by Crippen LogP contribution is 2.19. The number of nitrogen functional groups attached to an aromatic ring is 1. The zero-order chi connectivity index (χ0) is 11.4. The van der Waals surface area contributed by atoms with Gasteiger partial charge in [0.05, 0.1) is 11.7 Å². The highest BCUT2D eigenvalue weighted by molar-refractivity contribution is 5.95. The molecule has 0 aliphatic heterocycles. The molecule has 0 bridgehead atoms. The van der Waals surface area contributed by atoms with Gasteiger partial charge < -0.3 is 10.5 Å². The molecular formula is C12H17NO2. The number of aryl methyl sites for hydroxylation is 1. The summed E-state index contributed by atoms with van der Waals surface area (Å²) in [4.78, 5) is 11.6. The Bertz CT molecular complexity index is 359. The van der Waals surface area contributed by atoms with Gasteiger partial charge in [-0.2, -0.15) is 0 Å². The van der Waals surface area contributed by atoms with Crippen LogP contribution in [0.1, 0.15) is 36.7 Å². The van der Waals surface area contributed by atoms with Gasteiger partial charge in [-0.25, -0.2) is 4.79 Å². The minimum absolute atomic E-state index is 0.123. The second-order valence-electron chi connectivity index (χ2n) is 3.69. The van der Waals surface area contributed by atoms with E-state index in [1.165, 1.54) is 0 Å². The van der Waals surface area contributed by atoms with E-state index in [0.29, 0.717) is 11.3 Å². The molecule has 0 unspecified atom stereocenters. The van der Waals surface area contributed by atoms with Gasteiger partial charge in [0.1, 0.15) is 0 Å². The standard InChI is InChI=1S/C12H17NO2/c1-4-9-6-5-7-10(11(9)13)12(14)15-8(2)3/h5-8H,4,13H2,1-3H3. The van der Waals surface area contributed by atoms with Crippen molar-refractivity contribution in [2.75, 3.05) is 5.73 Å². The van der Waals surface area contributed by atoms with Gasteiger partial charge in [0.2, 0.25) is 0 Å². The Morgan fingerprint density at radius 1 is 1.47 bits per heavy atom. The van der Waals surface area contributed by atoms with Crippen molar-refractivity contribution in [1.29, 1.82) is 0 Å². The molecule has 1 aromatic carbocycles. The normalized spacial score (nSPS) is 10.4. The van der Waals surface area contributed by atoms with Crippen LogP contribution in [0.3, 0.4) is 0 Å². The molecule has 2 N–H and O–H groups in total. The zero-order valence-electron chi connectivity index (χ0n) is 9.41. The first-order chi connectivity index (χ1) is 7.06. The highest BCUT2D eigenvalue weighted by Gasteiger charge is 2.13. The van der Waals surface area contributed by atoms with Crippen LogP contribution < -0.4 is 5.73 Å². The minimum atomic E-state index is -0.349. The van der Waals surface area contributed by atoms with Crippen LogP contribution in [0, 0.1) is 0 Å². The molecule has 15 heavy (non-hydrogen) atoms. The number of hydrogen-bond acceptors (Lipinski definition) is 3. The molecule has 0 aliphatic rings. The average Bonchev–Trinajstić information content (AvgIpc) is 2.17. The maximum absolute atomic E-state index is 11.6. The van der Waals surface area contributed by atoms with Crippen molar-refractivity contribution < 1.29 is 9.53 Å². The zero-order valence-corrected chi connectivity index (χ0v) is 9.41. The van der Waals surface area contributed by atoms with Gasteiger partial charge in [0.15, 0.2) is 0 Å². The summed E-state index contributed by atoms with van der Waals surface area (Å²) < 4.78 is 5.10. The molecule has 0 amide bonds. The fraction of sp³-hybridized carbons (Fsp3) is 0.417. The van der Waals surface area contributed by atoms with Crippen molar-refractivity contribution in [2.45, 2.75) is 33.3 Å². The smallest absolute Gasteiger partial charge is 0.340 e. The molecule has 0 aromatic heterocycles. The Labute approximate surface area is 90.2 Å². The monoisotopic (exact) mass is 207 g/mol. The Hall–Kier alpha value is -1.51. The lowest BCUT2D eigenvalue weighted by atomic mass is 10.1. The molecule has 0 heterocycles. The molecule has 0 spiro atoms. The second-order valence-corrected chi connectivity index (χ2v) is 3.69. The van der Waals surface area contributed by atoms with E-state index in [-0.39, 0.29) is 12.1 Å². The number of hydrogen-bond donors (Lipinski definition) is 1. The lowest BCUT2D eigenvalue weighted by Gasteiger charge is -2.11. The van der Waals surface area contributed by atoms with Crippen LogP contribution >= 0.6 is 0 Å². The maximum atomic E-state index is 11.6. The van der Waals surface area contributed by atoms with Crippen LogP contribution in [0.2, 0.25) is 0 Å². The van der Waals surface area contributed by atoms with Crippen LogP contribution in [0.25, 0.3) is 0 Å². The molecule has 0 saturated heterocycles. The van der Waals surface area contributed by atoms with Crippen molar-refractivity contribution in [2.24, 2.45) is 0 Å². The number of rotatable bonds is 3. The third-order valence-electron chi connectivity index (χ3n) is 2.14. The molecule has 0 aliphatic carbocycles. The summed E-state index contributed by atoms with van der Waals surface area (Å²) >= 11 is 0. The first-order valence-corrected chi connectivity index (χ1v) is 5.14. The molecule has 0 atom stereocenters. The fourth-order valence-electron chi connectivity index (χ4n) is 1.38. The van der Waals surface area contributed by atoms with E-state index in [0.717, 1.165) is 12.0 Å². The van der Waals surface area contributed by atoms with Gasteiger partial charge in [0.25, 0.3) is 0 Å². The van der Waals surface area contributed by atoms with Crippen LogP contribution in [0.4, 0.5) is 5.69 Å². The maximum Gasteiger partial charge on any atom is 0.340 e. The summed E-state index contributed by atoms with van der Waals surface area (Å²) in [6.07, 6.45) is 0.691. The lowest BCUT2D eigenvalue weighted by Crippen LogP contribution is -2.14. The first-order valence-electron chi connectivity index (χ1n) is 5.14. The van der Waals surface area contributed by atoms with Gasteiger partial charge >= 0.3 is 5.97 Å². The van der Waals surface area contributed by atoms with Crippen LogP contribution in [-0.2, 0) is 11.2 Å². The molecular weight excluding hydrogens is 190 g/mol. The largest absolute Gasteiger partial charge is 0.459 e. The summed E-state index contributed by atoms with van der Waals surface area (Å²) in [6, 6.07) is 5.44.